The van der Waals surface area contributed by atoms with Crippen LogP contribution in [0.3, 0.4) is 0 Å². The first-order valence-electron chi connectivity index (χ1n) is 5.63. The van der Waals surface area contributed by atoms with Crippen molar-refractivity contribution < 1.29 is 8.60 Å². The SMILES string of the molecule is CCNC1c2cccc(F)c2S(=O)C1CC. The Morgan fingerprint density at radius 3 is 2.81 bits per heavy atom. The first-order valence-corrected chi connectivity index (χ1v) is 6.84. The van der Waals surface area contributed by atoms with E-state index >= 15 is 0 Å². The van der Waals surface area contributed by atoms with Gasteiger partial charge in [-0.1, -0.05) is 26.0 Å². The molecule has 0 saturated heterocycles. The van der Waals surface area contributed by atoms with Crippen molar-refractivity contribution in [2.45, 2.75) is 36.5 Å². The fraction of sp³-hybridized carbons (Fsp3) is 0.500. The number of benzene rings is 1. The minimum Gasteiger partial charge on any atom is -0.309 e. The minimum atomic E-state index is -1.22. The van der Waals surface area contributed by atoms with Crippen molar-refractivity contribution in [1.82, 2.24) is 5.32 Å². The van der Waals surface area contributed by atoms with Crippen LogP contribution in [0.4, 0.5) is 4.39 Å². The van der Waals surface area contributed by atoms with Crippen LogP contribution in [-0.4, -0.2) is 16.0 Å². The van der Waals surface area contributed by atoms with Gasteiger partial charge in [0, 0.05) is 6.04 Å². The predicted molar refractivity (Wildman–Crippen MR) is 63.3 cm³/mol. The molecule has 0 aliphatic carbocycles. The quantitative estimate of drug-likeness (QED) is 0.880. The molecule has 0 bridgehead atoms. The normalized spacial score (nSPS) is 28.1. The summed E-state index contributed by atoms with van der Waals surface area (Å²) in [5.41, 5.74) is 0.868. The average Bonchev–Trinajstić information content (AvgIpc) is 2.54. The highest BCUT2D eigenvalue weighted by atomic mass is 32.2. The van der Waals surface area contributed by atoms with Crippen molar-refractivity contribution in [3.05, 3.63) is 29.6 Å². The van der Waals surface area contributed by atoms with Crippen molar-refractivity contribution in [2.24, 2.45) is 0 Å². The number of fused-ring (bicyclic) bond motifs is 1. The van der Waals surface area contributed by atoms with Crippen molar-refractivity contribution in [2.75, 3.05) is 6.54 Å². The molecule has 4 heteroatoms. The zero-order valence-electron chi connectivity index (χ0n) is 9.50. The van der Waals surface area contributed by atoms with Gasteiger partial charge in [0.15, 0.2) is 0 Å². The van der Waals surface area contributed by atoms with Gasteiger partial charge >= 0.3 is 0 Å². The van der Waals surface area contributed by atoms with Gasteiger partial charge in [-0.2, -0.15) is 0 Å². The van der Waals surface area contributed by atoms with E-state index in [1.54, 1.807) is 6.07 Å². The molecule has 3 atom stereocenters. The summed E-state index contributed by atoms with van der Waals surface area (Å²) in [4.78, 5) is 0.403. The minimum absolute atomic E-state index is 0.00755. The van der Waals surface area contributed by atoms with Crippen molar-refractivity contribution >= 4 is 10.8 Å². The maximum absolute atomic E-state index is 13.6. The Bertz CT molecular complexity index is 421. The van der Waals surface area contributed by atoms with E-state index in [0.29, 0.717) is 4.90 Å². The van der Waals surface area contributed by atoms with Gasteiger partial charge in [-0.15, -0.1) is 0 Å². The Morgan fingerprint density at radius 1 is 1.44 bits per heavy atom. The van der Waals surface area contributed by atoms with Gasteiger partial charge in [0.1, 0.15) is 5.82 Å². The summed E-state index contributed by atoms with van der Waals surface area (Å²) in [6.45, 7) is 4.80. The van der Waals surface area contributed by atoms with Gasteiger partial charge in [-0.25, -0.2) is 4.39 Å². The summed E-state index contributed by atoms with van der Waals surface area (Å²) in [7, 11) is -1.22. The molecule has 1 aliphatic heterocycles. The fourth-order valence-electron chi connectivity index (χ4n) is 2.31. The van der Waals surface area contributed by atoms with Gasteiger partial charge in [0.25, 0.3) is 0 Å². The molecule has 1 aromatic carbocycles. The molecular formula is C12H16FNOS. The van der Waals surface area contributed by atoms with Crippen LogP contribution in [0.5, 0.6) is 0 Å². The van der Waals surface area contributed by atoms with Crippen LogP contribution in [0.2, 0.25) is 0 Å². The summed E-state index contributed by atoms with van der Waals surface area (Å²) >= 11 is 0. The molecule has 1 N–H and O–H groups in total. The zero-order valence-corrected chi connectivity index (χ0v) is 10.3. The second kappa shape index (κ2) is 4.63. The lowest BCUT2D eigenvalue weighted by atomic mass is 10.0. The summed E-state index contributed by atoms with van der Waals surface area (Å²) in [5, 5.41) is 3.29. The largest absolute Gasteiger partial charge is 0.309 e. The molecule has 16 heavy (non-hydrogen) atoms. The molecule has 2 nitrogen and oxygen atoms in total. The van der Waals surface area contributed by atoms with Gasteiger partial charge < -0.3 is 5.32 Å². The van der Waals surface area contributed by atoms with E-state index in [-0.39, 0.29) is 17.1 Å². The maximum Gasteiger partial charge on any atom is 0.139 e. The van der Waals surface area contributed by atoms with E-state index in [9.17, 15) is 8.60 Å². The highest BCUT2D eigenvalue weighted by molar-refractivity contribution is 7.86. The average molecular weight is 241 g/mol. The molecule has 0 aromatic heterocycles. The molecule has 2 rings (SSSR count). The van der Waals surface area contributed by atoms with E-state index in [0.717, 1.165) is 18.5 Å². The van der Waals surface area contributed by atoms with Crippen LogP contribution in [0.25, 0.3) is 0 Å². The maximum atomic E-state index is 13.6. The lowest BCUT2D eigenvalue weighted by Gasteiger charge is -2.18. The third-order valence-corrected chi connectivity index (χ3v) is 5.00. The van der Waals surface area contributed by atoms with Crippen LogP contribution in [0.15, 0.2) is 23.1 Å². The molecule has 1 aromatic rings. The fourth-order valence-corrected chi connectivity index (χ4v) is 4.09. The Hall–Kier alpha value is -0.740. The van der Waals surface area contributed by atoms with E-state index in [1.807, 2.05) is 19.9 Å². The van der Waals surface area contributed by atoms with Crippen LogP contribution in [0.1, 0.15) is 31.9 Å². The Balaban J connectivity index is 2.49. The van der Waals surface area contributed by atoms with Gasteiger partial charge in [0.2, 0.25) is 0 Å². The molecule has 0 fully saturated rings. The third-order valence-electron chi connectivity index (χ3n) is 3.01. The van der Waals surface area contributed by atoms with Crippen LogP contribution in [-0.2, 0) is 10.8 Å². The molecule has 0 saturated carbocycles. The van der Waals surface area contributed by atoms with E-state index in [1.165, 1.54) is 6.07 Å². The summed E-state index contributed by atoms with van der Waals surface area (Å²) in [5.74, 6) is -0.338. The topological polar surface area (TPSA) is 29.1 Å². The molecule has 0 radical (unpaired) electrons. The van der Waals surface area contributed by atoms with E-state index in [2.05, 4.69) is 5.32 Å². The van der Waals surface area contributed by atoms with E-state index < -0.39 is 10.8 Å². The molecule has 0 amide bonds. The molecule has 88 valence electrons. The summed E-state index contributed by atoms with van der Waals surface area (Å²) < 4.78 is 25.8. The lowest BCUT2D eigenvalue weighted by molar-refractivity contribution is 0.516. The van der Waals surface area contributed by atoms with Gasteiger partial charge in [-0.05, 0) is 24.6 Å². The van der Waals surface area contributed by atoms with Gasteiger partial charge in [0.05, 0.1) is 20.9 Å². The second-order valence-electron chi connectivity index (χ2n) is 3.94. The zero-order chi connectivity index (χ0) is 11.7. The van der Waals surface area contributed by atoms with Gasteiger partial charge in [-0.3, -0.25) is 4.21 Å². The Morgan fingerprint density at radius 2 is 2.19 bits per heavy atom. The second-order valence-corrected chi connectivity index (χ2v) is 5.55. The number of nitrogens with one attached hydrogen (secondary N) is 1. The lowest BCUT2D eigenvalue weighted by Crippen LogP contribution is -2.29. The summed E-state index contributed by atoms with van der Waals surface area (Å²) in [6, 6.07) is 4.98. The summed E-state index contributed by atoms with van der Waals surface area (Å²) in [6.07, 6.45) is 0.790. The monoisotopic (exact) mass is 241 g/mol. The molecular weight excluding hydrogens is 225 g/mol. The van der Waals surface area contributed by atoms with Crippen molar-refractivity contribution in [3.63, 3.8) is 0 Å². The van der Waals surface area contributed by atoms with Crippen molar-refractivity contribution in [3.8, 4) is 0 Å². The Labute approximate surface area is 97.7 Å². The number of hydrogen-bond acceptors (Lipinski definition) is 2. The van der Waals surface area contributed by atoms with Crippen LogP contribution in [0, 0.1) is 5.82 Å². The highest BCUT2D eigenvalue weighted by Crippen LogP contribution is 2.39. The van der Waals surface area contributed by atoms with E-state index in [4.69, 9.17) is 0 Å². The first kappa shape index (κ1) is 11.7. The smallest absolute Gasteiger partial charge is 0.139 e. The first-order chi connectivity index (χ1) is 7.70. The van der Waals surface area contributed by atoms with Crippen LogP contribution < -0.4 is 5.32 Å². The highest BCUT2D eigenvalue weighted by Gasteiger charge is 2.38. The molecule has 0 spiro atoms. The molecule has 3 unspecified atom stereocenters. The van der Waals surface area contributed by atoms with Crippen LogP contribution >= 0.6 is 0 Å². The number of rotatable bonds is 3. The number of halogens is 1. The third kappa shape index (κ3) is 1.70. The number of hydrogen-bond donors (Lipinski definition) is 1. The predicted octanol–water partition coefficient (Wildman–Crippen LogP) is 2.38. The molecule has 1 aliphatic rings. The molecule has 1 heterocycles. The standard InChI is InChI=1S/C12H16FNOS/c1-3-10-11(14-4-2)8-6-5-7-9(13)12(8)16(10)15/h5-7,10-11,14H,3-4H2,1-2H3. The van der Waals surface area contributed by atoms with Crippen molar-refractivity contribution in [1.29, 1.82) is 0 Å². The Kier molecular flexibility index (Phi) is 3.40.